The molecule has 0 fully saturated rings. The molecule has 3 aromatic rings. The highest BCUT2D eigenvalue weighted by Gasteiger charge is 2.22. The fraction of sp³-hybridized carbons (Fsp3) is 0.227. The number of hydrogen-bond acceptors (Lipinski definition) is 7. The summed E-state index contributed by atoms with van der Waals surface area (Å²) < 4.78 is 12.5. The van der Waals surface area contributed by atoms with Crippen LogP contribution in [0.5, 0.6) is 0 Å². The SMILES string of the molecule is CCN(CC)C(=O)CS(=O)c1ccc(Nc2nc(N)c(C(=O)c3c(Cl)cccc3Cl)s2)cc1. The Morgan fingerprint density at radius 3 is 2.27 bits per heavy atom. The first kappa shape index (κ1) is 25.2. The van der Waals surface area contributed by atoms with E-state index >= 15 is 0 Å². The lowest BCUT2D eigenvalue weighted by Crippen LogP contribution is -2.34. The molecular weight excluding hydrogens is 503 g/mol. The number of nitrogens with two attached hydrogens (primary N) is 1. The number of rotatable bonds is 9. The summed E-state index contributed by atoms with van der Waals surface area (Å²) in [6, 6.07) is 11.6. The van der Waals surface area contributed by atoms with Crippen molar-refractivity contribution >= 4 is 73.7 Å². The van der Waals surface area contributed by atoms with Gasteiger partial charge in [-0.05, 0) is 50.2 Å². The summed E-state index contributed by atoms with van der Waals surface area (Å²) in [7, 11) is -1.45. The van der Waals surface area contributed by atoms with E-state index in [2.05, 4.69) is 10.3 Å². The third kappa shape index (κ3) is 5.92. The van der Waals surface area contributed by atoms with Gasteiger partial charge in [-0.25, -0.2) is 4.98 Å². The van der Waals surface area contributed by atoms with Gasteiger partial charge in [-0.15, -0.1) is 0 Å². The van der Waals surface area contributed by atoms with E-state index in [-0.39, 0.29) is 38.0 Å². The van der Waals surface area contributed by atoms with E-state index in [1.54, 1.807) is 47.4 Å². The van der Waals surface area contributed by atoms with E-state index in [1.807, 2.05) is 13.8 Å². The molecule has 0 spiro atoms. The molecule has 0 bridgehead atoms. The van der Waals surface area contributed by atoms with E-state index in [9.17, 15) is 13.8 Å². The molecule has 0 radical (unpaired) electrons. The third-order valence-corrected chi connectivity index (χ3v) is 7.71. The zero-order valence-electron chi connectivity index (χ0n) is 17.9. The number of nitrogens with zero attached hydrogens (tertiary/aromatic N) is 2. The molecule has 1 atom stereocenters. The number of amides is 1. The number of halogens is 2. The lowest BCUT2D eigenvalue weighted by Gasteiger charge is -2.18. The Bertz CT molecular complexity index is 1170. The lowest BCUT2D eigenvalue weighted by atomic mass is 10.1. The molecule has 0 aliphatic rings. The van der Waals surface area contributed by atoms with E-state index in [0.29, 0.717) is 28.8 Å². The van der Waals surface area contributed by atoms with Crippen LogP contribution in [0.3, 0.4) is 0 Å². The highest BCUT2D eigenvalue weighted by Crippen LogP contribution is 2.34. The number of anilines is 3. The number of hydrogen-bond donors (Lipinski definition) is 2. The minimum Gasteiger partial charge on any atom is -0.382 e. The highest BCUT2D eigenvalue weighted by atomic mass is 35.5. The van der Waals surface area contributed by atoms with Crippen LogP contribution in [0.1, 0.15) is 29.1 Å². The number of nitrogens with one attached hydrogen (secondary N) is 1. The molecular formula is C22H22Cl2N4O3S2. The molecule has 1 unspecified atom stereocenters. The molecule has 0 saturated heterocycles. The summed E-state index contributed by atoms with van der Waals surface area (Å²) in [6.45, 7) is 4.94. The Kier molecular flexibility index (Phi) is 8.47. The largest absolute Gasteiger partial charge is 0.382 e. The molecule has 0 saturated carbocycles. The monoisotopic (exact) mass is 524 g/mol. The Morgan fingerprint density at radius 2 is 1.70 bits per heavy atom. The van der Waals surface area contributed by atoms with Crippen LogP contribution in [-0.4, -0.2) is 44.6 Å². The topological polar surface area (TPSA) is 105 Å². The summed E-state index contributed by atoms with van der Waals surface area (Å²) in [5.41, 5.74) is 6.80. The second-order valence-electron chi connectivity index (χ2n) is 6.86. The van der Waals surface area contributed by atoms with Crippen LogP contribution in [0.15, 0.2) is 47.4 Å². The number of thiazole rings is 1. The number of carbonyl (C=O) groups is 2. The maximum absolute atomic E-state index is 12.9. The zero-order valence-corrected chi connectivity index (χ0v) is 21.1. The van der Waals surface area contributed by atoms with Crippen LogP contribution in [0.2, 0.25) is 10.0 Å². The standard InChI is InChI=1S/C22H22Cl2N4O3S2/c1-3-28(4-2)17(29)12-33(31)14-10-8-13(9-11-14)26-22-27-21(25)20(32-22)19(30)18-15(23)6-5-7-16(18)24/h5-11H,3-4,12,25H2,1-2H3,(H,26,27). The normalized spacial score (nSPS) is 11.8. The van der Waals surface area contributed by atoms with E-state index in [4.69, 9.17) is 28.9 Å². The van der Waals surface area contributed by atoms with Crippen molar-refractivity contribution in [1.82, 2.24) is 9.88 Å². The molecule has 3 N–H and O–H groups in total. The van der Waals surface area contributed by atoms with Gasteiger partial charge in [-0.3, -0.25) is 13.8 Å². The average Bonchev–Trinajstić information content (AvgIpc) is 3.14. The molecule has 1 aromatic heterocycles. The fourth-order valence-electron chi connectivity index (χ4n) is 3.05. The first-order valence-electron chi connectivity index (χ1n) is 10.0. The van der Waals surface area contributed by atoms with E-state index in [1.165, 1.54) is 0 Å². The minimum atomic E-state index is -1.45. The van der Waals surface area contributed by atoms with Gasteiger partial charge in [-0.2, -0.15) is 0 Å². The third-order valence-electron chi connectivity index (χ3n) is 4.79. The Labute approximate surface area is 208 Å². The predicted molar refractivity (Wildman–Crippen MR) is 135 cm³/mol. The van der Waals surface area contributed by atoms with Crippen molar-refractivity contribution in [3.05, 3.63) is 63.0 Å². The number of ketones is 1. The van der Waals surface area contributed by atoms with Gasteiger partial charge < -0.3 is 16.0 Å². The molecule has 0 aliphatic heterocycles. The fourth-order valence-corrected chi connectivity index (χ4v) is 5.49. The van der Waals surface area contributed by atoms with E-state index < -0.39 is 16.6 Å². The molecule has 33 heavy (non-hydrogen) atoms. The van der Waals surface area contributed by atoms with E-state index in [0.717, 1.165) is 11.3 Å². The molecule has 0 aliphatic carbocycles. The maximum Gasteiger partial charge on any atom is 0.235 e. The summed E-state index contributed by atoms with van der Waals surface area (Å²) in [6.07, 6.45) is 0. The number of aromatic nitrogens is 1. The second-order valence-corrected chi connectivity index (χ2v) is 10.1. The smallest absolute Gasteiger partial charge is 0.235 e. The van der Waals surface area contributed by atoms with Crippen molar-refractivity contribution in [2.24, 2.45) is 0 Å². The molecule has 3 rings (SSSR count). The molecule has 1 heterocycles. The van der Waals surface area contributed by atoms with Crippen molar-refractivity contribution in [2.75, 3.05) is 29.9 Å². The van der Waals surface area contributed by atoms with Crippen LogP contribution in [-0.2, 0) is 15.6 Å². The van der Waals surface area contributed by atoms with Crippen LogP contribution in [0, 0.1) is 0 Å². The van der Waals surface area contributed by atoms with Crippen molar-refractivity contribution in [3.63, 3.8) is 0 Å². The van der Waals surface area contributed by atoms with Crippen LogP contribution < -0.4 is 11.1 Å². The Balaban J connectivity index is 1.72. The van der Waals surface area contributed by atoms with Gasteiger partial charge in [0, 0.05) is 23.7 Å². The van der Waals surface area contributed by atoms with Gasteiger partial charge in [-0.1, -0.05) is 40.6 Å². The summed E-state index contributed by atoms with van der Waals surface area (Å²) >= 11 is 13.4. The van der Waals surface area contributed by atoms with Crippen molar-refractivity contribution < 1.29 is 13.8 Å². The zero-order chi connectivity index (χ0) is 24.1. The van der Waals surface area contributed by atoms with Crippen molar-refractivity contribution in [2.45, 2.75) is 18.7 Å². The van der Waals surface area contributed by atoms with Gasteiger partial charge in [0.25, 0.3) is 0 Å². The van der Waals surface area contributed by atoms with Gasteiger partial charge in [0.1, 0.15) is 16.4 Å². The summed E-state index contributed by atoms with van der Waals surface area (Å²) in [5.74, 6) is -0.545. The predicted octanol–water partition coefficient (Wildman–Crippen LogP) is 4.98. The molecule has 11 heteroatoms. The van der Waals surface area contributed by atoms with Crippen LogP contribution in [0.4, 0.5) is 16.6 Å². The lowest BCUT2D eigenvalue weighted by molar-refractivity contribution is -0.128. The van der Waals surface area contributed by atoms with Crippen molar-refractivity contribution in [1.29, 1.82) is 0 Å². The average molecular weight is 525 g/mol. The number of nitrogen functional groups attached to an aromatic ring is 1. The quantitative estimate of drug-likeness (QED) is 0.382. The first-order chi connectivity index (χ1) is 15.7. The molecule has 7 nitrogen and oxygen atoms in total. The maximum atomic E-state index is 12.9. The van der Waals surface area contributed by atoms with Gasteiger partial charge in [0.15, 0.2) is 5.13 Å². The van der Waals surface area contributed by atoms with Crippen molar-refractivity contribution in [3.8, 4) is 0 Å². The first-order valence-corrected chi connectivity index (χ1v) is 12.9. The summed E-state index contributed by atoms with van der Waals surface area (Å²) in [4.78, 5) is 31.7. The van der Waals surface area contributed by atoms with Crippen LogP contribution in [0.25, 0.3) is 0 Å². The number of carbonyl (C=O) groups excluding carboxylic acids is 2. The van der Waals surface area contributed by atoms with Gasteiger partial charge in [0.05, 0.1) is 26.4 Å². The second kappa shape index (κ2) is 11.1. The molecule has 2 aromatic carbocycles. The highest BCUT2D eigenvalue weighted by molar-refractivity contribution is 7.85. The van der Waals surface area contributed by atoms with Gasteiger partial charge in [0.2, 0.25) is 11.7 Å². The minimum absolute atomic E-state index is 0.0620. The summed E-state index contributed by atoms with van der Waals surface area (Å²) in [5, 5.41) is 3.95. The van der Waals surface area contributed by atoms with Gasteiger partial charge >= 0.3 is 0 Å². The molecule has 1 amide bonds. The Hall–Kier alpha value is -2.46. The molecule has 174 valence electrons. The number of benzene rings is 2. The Morgan fingerprint density at radius 1 is 1.09 bits per heavy atom. The van der Waals surface area contributed by atoms with Crippen LogP contribution >= 0.6 is 34.5 Å².